The van der Waals surface area contributed by atoms with E-state index in [4.69, 9.17) is 0 Å². The number of likely N-dealkylation sites (tertiary alicyclic amines) is 1. The van der Waals surface area contributed by atoms with Crippen LogP contribution in [0.15, 0.2) is 36.4 Å². The van der Waals surface area contributed by atoms with E-state index < -0.39 is 0 Å². The Kier molecular flexibility index (Phi) is 5.83. The summed E-state index contributed by atoms with van der Waals surface area (Å²) in [5.74, 6) is 1.72. The van der Waals surface area contributed by atoms with Gasteiger partial charge in [0.2, 0.25) is 11.8 Å². The van der Waals surface area contributed by atoms with Gasteiger partial charge in [-0.1, -0.05) is 30.3 Å². The number of nitrogens with one attached hydrogen (secondary N) is 1. The largest absolute Gasteiger partial charge is 0.352 e. The summed E-state index contributed by atoms with van der Waals surface area (Å²) in [5.41, 5.74) is 2.13. The molecule has 1 aromatic carbocycles. The second-order valence-electron chi connectivity index (χ2n) is 8.03. The number of carbonyl (C=O) groups is 2. The highest BCUT2D eigenvalue weighted by Crippen LogP contribution is 2.24. The molecule has 7 heteroatoms. The number of aromatic nitrogens is 2. The molecule has 154 valence electrons. The summed E-state index contributed by atoms with van der Waals surface area (Å²) >= 11 is 0. The average Bonchev–Trinajstić information content (AvgIpc) is 3.25. The van der Waals surface area contributed by atoms with Crippen molar-refractivity contribution in [1.82, 2.24) is 20.0 Å². The van der Waals surface area contributed by atoms with Gasteiger partial charge in [0.15, 0.2) is 5.82 Å². The van der Waals surface area contributed by atoms with Crippen LogP contribution in [0.1, 0.15) is 26.2 Å². The van der Waals surface area contributed by atoms with Crippen molar-refractivity contribution < 1.29 is 9.59 Å². The van der Waals surface area contributed by atoms with Gasteiger partial charge in [0.25, 0.3) is 0 Å². The summed E-state index contributed by atoms with van der Waals surface area (Å²) in [4.78, 5) is 30.3. The van der Waals surface area contributed by atoms with Gasteiger partial charge in [-0.15, -0.1) is 0 Å². The molecule has 0 spiro atoms. The second kappa shape index (κ2) is 8.68. The van der Waals surface area contributed by atoms with Crippen molar-refractivity contribution in [2.24, 2.45) is 5.92 Å². The molecule has 29 heavy (non-hydrogen) atoms. The molecule has 0 atom stereocenters. The minimum Gasteiger partial charge on any atom is -0.352 e. The molecule has 2 aliphatic heterocycles. The molecule has 3 heterocycles. The molecule has 0 saturated carbocycles. The lowest BCUT2D eigenvalue weighted by Crippen LogP contribution is -2.49. The zero-order valence-corrected chi connectivity index (χ0v) is 17.0. The zero-order valence-electron chi connectivity index (χ0n) is 17.0. The van der Waals surface area contributed by atoms with Crippen LogP contribution in [0.25, 0.3) is 11.3 Å². The van der Waals surface area contributed by atoms with E-state index in [1.165, 1.54) is 0 Å². The van der Waals surface area contributed by atoms with Gasteiger partial charge in [-0.2, -0.15) is 5.10 Å². The van der Waals surface area contributed by atoms with E-state index in [-0.39, 0.29) is 11.8 Å². The summed E-state index contributed by atoms with van der Waals surface area (Å²) < 4.78 is 0. The lowest BCUT2D eigenvalue weighted by molar-refractivity contribution is -0.133. The third-order valence-corrected chi connectivity index (χ3v) is 6.13. The third-order valence-electron chi connectivity index (χ3n) is 6.13. The molecule has 0 bridgehead atoms. The Morgan fingerprint density at radius 2 is 1.69 bits per heavy atom. The van der Waals surface area contributed by atoms with Crippen molar-refractivity contribution in [3.63, 3.8) is 0 Å². The highest BCUT2D eigenvalue weighted by molar-refractivity contribution is 5.77. The lowest BCUT2D eigenvalue weighted by atomic mass is 9.93. The van der Waals surface area contributed by atoms with Gasteiger partial charge in [0, 0.05) is 58.7 Å². The first-order valence-electron chi connectivity index (χ1n) is 10.5. The summed E-state index contributed by atoms with van der Waals surface area (Å²) in [7, 11) is 0. The van der Waals surface area contributed by atoms with E-state index in [0.717, 1.165) is 69.2 Å². The zero-order chi connectivity index (χ0) is 20.2. The molecule has 0 unspecified atom stereocenters. The number of hydrogen-bond acceptors (Lipinski definition) is 4. The molecule has 2 aromatic rings. The molecular weight excluding hydrogens is 366 g/mol. The molecule has 2 amide bonds. The number of piperidine rings is 1. The normalized spacial score (nSPS) is 18.2. The molecular formula is C22H29N5O2. The Morgan fingerprint density at radius 1 is 1.00 bits per heavy atom. The number of nitrogens with zero attached hydrogens (tertiary/aromatic N) is 4. The lowest BCUT2D eigenvalue weighted by Gasteiger charge is -2.36. The number of carbonyl (C=O) groups excluding carboxylic acids is 2. The summed E-state index contributed by atoms with van der Waals surface area (Å²) in [6, 6.07) is 12.2. The Labute approximate surface area is 171 Å². The van der Waals surface area contributed by atoms with Crippen LogP contribution in [0, 0.1) is 5.92 Å². The van der Waals surface area contributed by atoms with Gasteiger partial charge < -0.3 is 14.7 Å². The van der Waals surface area contributed by atoms with Crippen molar-refractivity contribution in [2.45, 2.75) is 26.2 Å². The first kappa shape index (κ1) is 19.5. The maximum Gasteiger partial charge on any atom is 0.222 e. The Morgan fingerprint density at radius 3 is 2.34 bits per heavy atom. The van der Waals surface area contributed by atoms with E-state index in [1.807, 2.05) is 28.0 Å². The van der Waals surface area contributed by atoms with Crippen molar-refractivity contribution >= 4 is 17.6 Å². The third kappa shape index (κ3) is 4.60. The number of hydrogen-bond donors (Lipinski definition) is 1. The maximum atomic E-state index is 12.7. The van der Waals surface area contributed by atoms with Crippen LogP contribution in [0.3, 0.4) is 0 Å². The van der Waals surface area contributed by atoms with Crippen LogP contribution in [-0.4, -0.2) is 71.1 Å². The predicted octanol–water partition coefficient (Wildman–Crippen LogP) is 2.37. The number of piperazine rings is 1. The fraction of sp³-hybridized carbons (Fsp3) is 0.500. The predicted molar refractivity (Wildman–Crippen MR) is 112 cm³/mol. The fourth-order valence-corrected chi connectivity index (χ4v) is 4.25. The van der Waals surface area contributed by atoms with Crippen molar-refractivity contribution in [3.05, 3.63) is 36.4 Å². The Bertz CT molecular complexity index is 834. The Hall–Kier alpha value is -2.83. The Balaban J connectivity index is 1.26. The SMILES string of the molecule is CC(=O)N1CCC(CC(=O)N2CCN(c3cc(-c4ccccc4)[nH]n3)CC2)CC1. The average molecular weight is 396 g/mol. The summed E-state index contributed by atoms with van der Waals surface area (Å²) in [6.45, 7) is 6.25. The summed E-state index contributed by atoms with van der Waals surface area (Å²) in [5, 5.41) is 7.59. The number of amides is 2. The number of rotatable bonds is 4. The van der Waals surface area contributed by atoms with Gasteiger partial charge in [-0.05, 0) is 24.3 Å². The molecule has 4 rings (SSSR count). The second-order valence-corrected chi connectivity index (χ2v) is 8.03. The molecule has 1 N–H and O–H groups in total. The fourth-order valence-electron chi connectivity index (χ4n) is 4.25. The molecule has 1 aromatic heterocycles. The molecule has 2 aliphatic rings. The van der Waals surface area contributed by atoms with Crippen molar-refractivity contribution in [3.8, 4) is 11.3 Å². The highest BCUT2D eigenvalue weighted by atomic mass is 16.2. The smallest absolute Gasteiger partial charge is 0.222 e. The van der Waals surface area contributed by atoms with Gasteiger partial charge in [-0.3, -0.25) is 14.7 Å². The van der Waals surface area contributed by atoms with Crippen molar-refractivity contribution in [2.75, 3.05) is 44.2 Å². The van der Waals surface area contributed by atoms with Crippen LogP contribution in [0.2, 0.25) is 0 Å². The van der Waals surface area contributed by atoms with Gasteiger partial charge in [-0.25, -0.2) is 0 Å². The van der Waals surface area contributed by atoms with Gasteiger partial charge in [0.05, 0.1) is 5.69 Å². The number of benzene rings is 1. The highest BCUT2D eigenvalue weighted by Gasteiger charge is 2.27. The molecule has 2 saturated heterocycles. The van der Waals surface area contributed by atoms with Gasteiger partial charge in [0.1, 0.15) is 0 Å². The first-order chi connectivity index (χ1) is 14.1. The topological polar surface area (TPSA) is 72.5 Å². The van der Waals surface area contributed by atoms with E-state index >= 15 is 0 Å². The quantitative estimate of drug-likeness (QED) is 0.863. The molecule has 7 nitrogen and oxygen atoms in total. The van der Waals surface area contributed by atoms with Crippen LogP contribution >= 0.6 is 0 Å². The van der Waals surface area contributed by atoms with E-state index in [2.05, 4.69) is 33.3 Å². The number of anilines is 1. The van der Waals surface area contributed by atoms with E-state index in [9.17, 15) is 9.59 Å². The van der Waals surface area contributed by atoms with Crippen LogP contribution in [-0.2, 0) is 9.59 Å². The van der Waals surface area contributed by atoms with E-state index in [1.54, 1.807) is 6.92 Å². The standard InChI is InChI=1S/C22H29N5O2/c1-17(28)25-9-7-18(8-10-25)15-22(29)27-13-11-26(12-14-27)21-16-20(23-24-21)19-5-3-2-4-6-19/h2-6,16,18H,7-15H2,1H3,(H,23,24). The molecule has 0 radical (unpaired) electrons. The number of aromatic amines is 1. The van der Waals surface area contributed by atoms with Crippen LogP contribution in [0.5, 0.6) is 0 Å². The van der Waals surface area contributed by atoms with Crippen molar-refractivity contribution in [1.29, 1.82) is 0 Å². The monoisotopic (exact) mass is 395 g/mol. The first-order valence-corrected chi connectivity index (χ1v) is 10.5. The number of H-pyrrole nitrogens is 1. The summed E-state index contributed by atoms with van der Waals surface area (Å²) in [6.07, 6.45) is 2.47. The molecule has 2 fully saturated rings. The minimum absolute atomic E-state index is 0.139. The van der Waals surface area contributed by atoms with E-state index in [0.29, 0.717) is 12.3 Å². The maximum absolute atomic E-state index is 12.7. The van der Waals surface area contributed by atoms with Crippen LogP contribution in [0.4, 0.5) is 5.82 Å². The van der Waals surface area contributed by atoms with Crippen LogP contribution < -0.4 is 4.90 Å². The van der Waals surface area contributed by atoms with Gasteiger partial charge >= 0.3 is 0 Å². The minimum atomic E-state index is 0.139. The molecule has 0 aliphatic carbocycles.